The molecule has 2 nitrogen and oxygen atoms in total. The van der Waals surface area contributed by atoms with Crippen LogP contribution >= 0.6 is 0 Å². The van der Waals surface area contributed by atoms with Crippen LogP contribution in [-0.2, 0) is 26.2 Å². The molecule has 4 aromatic rings. The lowest BCUT2D eigenvalue weighted by Gasteiger charge is -2.21. The highest BCUT2D eigenvalue weighted by Crippen LogP contribution is 2.10. The van der Waals surface area contributed by atoms with E-state index in [1.165, 1.54) is 33.4 Å². The Bertz CT molecular complexity index is 1070. The smallest absolute Gasteiger partial charge is 0.123 e. The molecule has 0 amide bonds. The average molecular weight is 400 g/mol. The number of hydrogen-bond acceptors (Lipinski definition) is 0. The maximum absolute atomic E-state index is 13.7. The molecule has 3 aromatic carbocycles. The van der Waals surface area contributed by atoms with Gasteiger partial charge in [0, 0.05) is 23.9 Å². The summed E-state index contributed by atoms with van der Waals surface area (Å²) in [5.74, 6) is -0.172. The third kappa shape index (κ3) is 5.46. The van der Waals surface area contributed by atoms with Gasteiger partial charge in [0.2, 0.25) is 0 Å². The second-order valence-electron chi connectivity index (χ2n) is 8.01. The van der Waals surface area contributed by atoms with E-state index in [-0.39, 0.29) is 5.82 Å². The zero-order valence-electron chi connectivity index (χ0n) is 17.4. The van der Waals surface area contributed by atoms with Gasteiger partial charge in [-0.1, -0.05) is 72.3 Å². The van der Waals surface area contributed by atoms with Crippen LogP contribution in [0, 0.1) is 12.7 Å². The van der Waals surface area contributed by atoms with Crippen LogP contribution < -0.4 is 4.90 Å². The van der Waals surface area contributed by atoms with Crippen LogP contribution in [0.25, 0.3) is 0 Å². The Labute approximate surface area is 178 Å². The van der Waals surface area contributed by atoms with Gasteiger partial charge in [-0.15, -0.1) is 0 Å². The minimum atomic E-state index is -0.172. The number of halogens is 1. The van der Waals surface area contributed by atoms with E-state index in [0.717, 1.165) is 31.7 Å². The normalized spacial score (nSPS) is 12.1. The molecule has 0 aliphatic carbocycles. The zero-order chi connectivity index (χ0) is 20.8. The molecule has 1 heterocycles. The number of benzene rings is 3. The first-order chi connectivity index (χ1) is 14.7. The number of hydrogen-bond donors (Lipinski definition) is 1. The molecule has 0 fully saturated rings. The summed E-state index contributed by atoms with van der Waals surface area (Å²) < 4.78 is 16.1. The Balaban J connectivity index is 1.54. The first-order valence-corrected chi connectivity index (χ1v) is 10.5. The Morgan fingerprint density at radius 1 is 0.700 bits per heavy atom. The first-order valence-electron chi connectivity index (χ1n) is 10.5. The van der Waals surface area contributed by atoms with Gasteiger partial charge in [0.1, 0.15) is 25.5 Å². The van der Waals surface area contributed by atoms with Crippen molar-refractivity contribution in [1.29, 1.82) is 0 Å². The van der Waals surface area contributed by atoms with Gasteiger partial charge >= 0.3 is 0 Å². The van der Waals surface area contributed by atoms with E-state index >= 15 is 0 Å². The fourth-order valence-electron chi connectivity index (χ4n) is 3.92. The van der Waals surface area contributed by atoms with E-state index in [0.29, 0.717) is 0 Å². The van der Waals surface area contributed by atoms with Crippen LogP contribution in [0.2, 0.25) is 0 Å². The van der Waals surface area contributed by atoms with Crippen LogP contribution in [0.1, 0.15) is 27.9 Å². The Hall–Kier alpha value is -3.17. The zero-order valence-corrected chi connectivity index (χ0v) is 17.4. The lowest BCUT2D eigenvalue weighted by atomic mass is 10.1. The van der Waals surface area contributed by atoms with Crippen LogP contribution in [0.4, 0.5) is 4.39 Å². The van der Waals surface area contributed by atoms with E-state index in [4.69, 9.17) is 0 Å². The third-order valence-electron chi connectivity index (χ3n) is 5.47. The van der Waals surface area contributed by atoms with Crippen molar-refractivity contribution in [3.63, 3.8) is 0 Å². The fourth-order valence-corrected chi connectivity index (χ4v) is 3.92. The molecule has 1 atom stereocenters. The van der Waals surface area contributed by atoms with Crippen LogP contribution in [-0.4, -0.2) is 4.57 Å². The maximum atomic E-state index is 13.7. The van der Waals surface area contributed by atoms with E-state index in [2.05, 4.69) is 78.4 Å². The minimum Gasteiger partial charge on any atom is -0.342 e. The number of rotatable bonds is 8. The van der Waals surface area contributed by atoms with Crippen molar-refractivity contribution in [1.82, 2.24) is 4.57 Å². The van der Waals surface area contributed by atoms with E-state index in [9.17, 15) is 4.39 Å². The molecule has 0 aliphatic rings. The van der Waals surface area contributed by atoms with Gasteiger partial charge < -0.3 is 9.47 Å². The van der Waals surface area contributed by atoms with E-state index in [1.807, 2.05) is 12.1 Å². The molecule has 30 heavy (non-hydrogen) atoms. The van der Waals surface area contributed by atoms with Gasteiger partial charge in [0.25, 0.3) is 0 Å². The molecule has 1 N–H and O–H groups in total. The Morgan fingerprint density at radius 3 is 2.20 bits per heavy atom. The molecule has 3 heteroatoms. The van der Waals surface area contributed by atoms with Gasteiger partial charge in [-0.25, -0.2) is 4.39 Å². The van der Waals surface area contributed by atoms with Gasteiger partial charge in [-0.3, -0.25) is 0 Å². The Kier molecular flexibility index (Phi) is 6.41. The highest BCUT2D eigenvalue weighted by atomic mass is 19.1. The summed E-state index contributed by atoms with van der Waals surface area (Å²) >= 11 is 0. The van der Waals surface area contributed by atoms with Crippen LogP contribution in [0.5, 0.6) is 0 Å². The quantitative estimate of drug-likeness (QED) is 0.437. The number of nitrogens with zero attached hydrogens (tertiary/aromatic N) is 1. The summed E-state index contributed by atoms with van der Waals surface area (Å²) in [6, 6.07) is 30.5. The van der Waals surface area contributed by atoms with Gasteiger partial charge in [0.15, 0.2) is 0 Å². The molecule has 0 saturated carbocycles. The summed E-state index contributed by atoms with van der Waals surface area (Å²) in [5.41, 5.74) is 6.18. The lowest BCUT2D eigenvalue weighted by Crippen LogP contribution is -3.08. The van der Waals surface area contributed by atoms with E-state index < -0.39 is 0 Å². The summed E-state index contributed by atoms with van der Waals surface area (Å²) in [6.45, 7) is 5.53. The van der Waals surface area contributed by atoms with Gasteiger partial charge in [-0.05, 0) is 36.8 Å². The van der Waals surface area contributed by atoms with Crippen molar-refractivity contribution in [3.05, 3.63) is 131 Å². The topological polar surface area (TPSA) is 9.37 Å². The number of aromatic nitrogens is 1. The number of quaternary nitrogens is 1. The molecular formula is C27H28FN2+. The van der Waals surface area contributed by atoms with E-state index in [1.54, 1.807) is 12.1 Å². The van der Waals surface area contributed by atoms with Gasteiger partial charge in [0.05, 0.1) is 5.69 Å². The minimum absolute atomic E-state index is 0.172. The van der Waals surface area contributed by atoms with Crippen molar-refractivity contribution >= 4 is 0 Å². The van der Waals surface area contributed by atoms with Crippen molar-refractivity contribution < 1.29 is 9.29 Å². The lowest BCUT2D eigenvalue weighted by molar-refractivity contribution is -0.941. The molecule has 1 aromatic heterocycles. The fraction of sp³-hybridized carbons (Fsp3) is 0.185. The average Bonchev–Trinajstić information content (AvgIpc) is 3.17. The molecule has 0 spiro atoms. The SMILES string of the molecule is Cc1ccc(Cn2cccc2C[NH+](Cc2ccccc2)Cc2cccc(F)c2)cc1. The van der Waals surface area contributed by atoms with Gasteiger partial charge in [-0.2, -0.15) is 0 Å². The first kappa shape index (κ1) is 20.1. The molecule has 1 unspecified atom stereocenters. The summed E-state index contributed by atoms with van der Waals surface area (Å²) in [5, 5.41) is 0. The predicted octanol–water partition coefficient (Wildman–Crippen LogP) is 4.77. The highest BCUT2D eigenvalue weighted by molar-refractivity contribution is 5.22. The summed E-state index contributed by atoms with van der Waals surface area (Å²) in [4.78, 5) is 1.38. The predicted molar refractivity (Wildman–Crippen MR) is 120 cm³/mol. The summed E-state index contributed by atoms with van der Waals surface area (Å²) in [6.07, 6.45) is 2.15. The van der Waals surface area contributed by atoms with Crippen molar-refractivity contribution in [3.8, 4) is 0 Å². The Morgan fingerprint density at radius 2 is 1.43 bits per heavy atom. The van der Waals surface area contributed by atoms with Crippen LogP contribution in [0.15, 0.2) is 97.2 Å². The van der Waals surface area contributed by atoms with Crippen LogP contribution in [0.3, 0.4) is 0 Å². The molecule has 4 rings (SSSR count). The number of aryl methyl sites for hydroxylation is 1. The highest BCUT2D eigenvalue weighted by Gasteiger charge is 2.15. The molecule has 0 radical (unpaired) electrons. The standard InChI is InChI=1S/C27H27FN2/c1-22-12-14-24(15-13-22)20-30-16-6-11-27(30)21-29(18-23-7-3-2-4-8-23)19-25-9-5-10-26(28)17-25/h2-17H,18-21H2,1H3/p+1. The van der Waals surface area contributed by atoms with Crippen molar-refractivity contribution in [2.45, 2.75) is 33.1 Å². The largest absolute Gasteiger partial charge is 0.342 e. The second-order valence-corrected chi connectivity index (χ2v) is 8.01. The monoisotopic (exact) mass is 399 g/mol. The van der Waals surface area contributed by atoms with Crippen molar-refractivity contribution in [2.24, 2.45) is 0 Å². The maximum Gasteiger partial charge on any atom is 0.123 e. The molecular weight excluding hydrogens is 371 g/mol. The molecule has 0 saturated heterocycles. The van der Waals surface area contributed by atoms with Crippen molar-refractivity contribution in [2.75, 3.05) is 0 Å². The molecule has 152 valence electrons. The molecule has 0 aliphatic heterocycles. The summed E-state index contributed by atoms with van der Waals surface area (Å²) in [7, 11) is 0. The second kappa shape index (κ2) is 9.55. The number of nitrogens with one attached hydrogen (secondary N) is 1. The third-order valence-corrected chi connectivity index (χ3v) is 5.47. The molecule has 0 bridgehead atoms.